The highest BCUT2D eigenvalue weighted by atomic mass is 19.4. The van der Waals surface area contributed by atoms with Crippen molar-refractivity contribution in [2.75, 3.05) is 0 Å². The fourth-order valence-corrected chi connectivity index (χ4v) is 2.63. The molecule has 0 aliphatic heterocycles. The van der Waals surface area contributed by atoms with Crippen LogP contribution in [-0.2, 0) is 6.18 Å². The van der Waals surface area contributed by atoms with E-state index in [-0.39, 0.29) is 24.4 Å². The van der Waals surface area contributed by atoms with Crippen LogP contribution in [0.1, 0.15) is 30.1 Å². The zero-order chi connectivity index (χ0) is 19.8. The molecule has 0 unspecified atom stereocenters. The molecule has 0 radical (unpaired) electrons. The first-order valence-electron chi connectivity index (χ1n) is 7.91. The number of halogens is 5. The highest BCUT2D eigenvalue weighted by Gasteiger charge is 2.47. The van der Waals surface area contributed by atoms with Crippen LogP contribution < -0.4 is 4.74 Å². The zero-order valence-corrected chi connectivity index (χ0v) is 14.2. The Morgan fingerprint density at radius 1 is 1.26 bits per heavy atom. The molecular weight excluding hydrogens is 371 g/mol. The van der Waals surface area contributed by atoms with Crippen LogP contribution in [0.15, 0.2) is 29.3 Å². The van der Waals surface area contributed by atoms with Gasteiger partial charge in [0.05, 0.1) is 5.70 Å². The number of hydrogen-bond acceptors (Lipinski definition) is 4. The molecule has 144 valence electrons. The lowest BCUT2D eigenvalue weighted by Gasteiger charge is -2.34. The number of ether oxygens (including phenoxy) is 1. The van der Waals surface area contributed by atoms with Crippen molar-refractivity contribution in [3.63, 3.8) is 0 Å². The van der Waals surface area contributed by atoms with Crippen molar-refractivity contribution >= 4 is 18.6 Å². The summed E-state index contributed by atoms with van der Waals surface area (Å²) in [7, 11) is 0. The molecule has 2 aromatic rings. The maximum atomic E-state index is 13.0. The molecule has 0 amide bonds. The molecule has 1 saturated carbocycles. The van der Waals surface area contributed by atoms with Crippen LogP contribution in [0.25, 0.3) is 11.9 Å². The molecule has 1 fully saturated rings. The molecule has 1 aliphatic rings. The minimum atomic E-state index is -4.67. The van der Waals surface area contributed by atoms with E-state index in [1.807, 2.05) is 0 Å². The van der Waals surface area contributed by atoms with Crippen LogP contribution in [0.5, 0.6) is 5.75 Å². The van der Waals surface area contributed by atoms with Gasteiger partial charge in [0.15, 0.2) is 0 Å². The average Bonchev–Trinajstić information content (AvgIpc) is 2.92. The molecule has 10 heteroatoms. The number of nitrogens with zero attached hydrogens (tertiary/aromatic N) is 4. The van der Waals surface area contributed by atoms with Crippen LogP contribution in [0.3, 0.4) is 0 Å². The third-order valence-electron chi connectivity index (χ3n) is 4.05. The Morgan fingerprint density at radius 2 is 1.89 bits per heavy atom. The van der Waals surface area contributed by atoms with Crippen molar-refractivity contribution in [1.29, 1.82) is 0 Å². The molecule has 5 nitrogen and oxygen atoms in total. The van der Waals surface area contributed by atoms with E-state index in [1.165, 1.54) is 19.1 Å². The Balaban J connectivity index is 1.81. The Labute approximate surface area is 151 Å². The van der Waals surface area contributed by atoms with E-state index in [0.717, 1.165) is 10.8 Å². The highest BCUT2D eigenvalue weighted by molar-refractivity contribution is 5.77. The third kappa shape index (κ3) is 4.15. The summed E-state index contributed by atoms with van der Waals surface area (Å²) in [6, 6.07) is 6.18. The first-order valence-corrected chi connectivity index (χ1v) is 7.91. The van der Waals surface area contributed by atoms with Gasteiger partial charge < -0.3 is 4.74 Å². The maximum Gasteiger partial charge on any atom is 0.452 e. The van der Waals surface area contributed by atoms with E-state index in [0.29, 0.717) is 11.3 Å². The van der Waals surface area contributed by atoms with Crippen molar-refractivity contribution in [1.82, 2.24) is 14.8 Å². The Morgan fingerprint density at radius 3 is 2.41 bits per heavy atom. The highest BCUT2D eigenvalue weighted by Crippen LogP contribution is 2.39. The van der Waals surface area contributed by atoms with E-state index < -0.39 is 24.0 Å². The standard InChI is InChI=1S/C17H15F5N4O/c1-10-24-25-15(17(20,21)22)26(10)9-14(23-2)11-3-5-12(6-4-11)27-13-7-16(18,19)8-13/h3-6,9,13H,2,7-8H2,1H3/b14-9-. The maximum absolute atomic E-state index is 13.0. The molecule has 0 bridgehead atoms. The van der Waals surface area contributed by atoms with Gasteiger partial charge in [0.1, 0.15) is 17.7 Å². The number of rotatable bonds is 5. The van der Waals surface area contributed by atoms with Gasteiger partial charge in [-0.2, -0.15) is 13.2 Å². The average molecular weight is 386 g/mol. The SMILES string of the molecule is C=N/C(=C\n1c(C)nnc1C(F)(F)F)c1ccc(OC2CC(F)(F)C2)cc1. The molecule has 1 aromatic carbocycles. The van der Waals surface area contributed by atoms with Gasteiger partial charge in [0.25, 0.3) is 5.92 Å². The Hall–Kier alpha value is -2.78. The second-order valence-corrected chi connectivity index (χ2v) is 6.14. The summed E-state index contributed by atoms with van der Waals surface area (Å²) >= 11 is 0. The fourth-order valence-electron chi connectivity index (χ4n) is 2.63. The summed E-state index contributed by atoms with van der Waals surface area (Å²) in [5.74, 6) is -3.43. The van der Waals surface area contributed by atoms with E-state index in [4.69, 9.17) is 4.74 Å². The third-order valence-corrected chi connectivity index (χ3v) is 4.05. The van der Waals surface area contributed by atoms with Crippen LogP contribution in [0, 0.1) is 6.92 Å². The molecule has 3 rings (SSSR count). The van der Waals surface area contributed by atoms with E-state index in [1.54, 1.807) is 12.1 Å². The number of aliphatic imine (C=N–C) groups is 1. The lowest BCUT2D eigenvalue weighted by atomic mass is 9.91. The topological polar surface area (TPSA) is 52.3 Å². The lowest BCUT2D eigenvalue weighted by molar-refractivity contribution is -0.146. The molecule has 1 aromatic heterocycles. The summed E-state index contributed by atoms with van der Waals surface area (Å²) < 4.78 is 70.9. The van der Waals surface area contributed by atoms with E-state index in [9.17, 15) is 22.0 Å². The van der Waals surface area contributed by atoms with Gasteiger partial charge in [0.2, 0.25) is 5.82 Å². The van der Waals surface area contributed by atoms with Gasteiger partial charge in [-0.25, -0.2) is 8.78 Å². The predicted molar refractivity (Wildman–Crippen MR) is 88.5 cm³/mol. The summed E-state index contributed by atoms with van der Waals surface area (Å²) in [6.07, 6.45) is -4.75. The summed E-state index contributed by atoms with van der Waals surface area (Å²) in [4.78, 5) is 3.76. The smallest absolute Gasteiger partial charge is 0.452 e. The molecular formula is C17H15F5N4O. The first kappa shape index (κ1) is 19.0. The predicted octanol–water partition coefficient (Wildman–Crippen LogP) is 4.44. The van der Waals surface area contributed by atoms with Crippen LogP contribution in [-0.4, -0.2) is 33.5 Å². The van der Waals surface area contributed by atoms with E-state index >= 15 is 0 Å². The number of hydrogen-bond donors (Lipinski definition) is 0. The van der Waals surface area contributed by atoms with Crippen LogP contribution >= 0.6 is 0 Å². The van der Waals surface area contributed by atoms with Gasteiger partial charge in [-0.3, -0.25) is 9.56 Å². The lowest BCUT2D eigenvalue weighted by Crippen LogP contribution is -2.43. The summed E-state index contributed by atoms with van der Waals surface area (Å²) in [5.41, 5.74) is 0.627. The van der Waals surface area contributed by atoms with Crippen molar-refractivity contribution in [3.8, 4) is 5.75 Å². The number of aryl methyl sites for hydroxylation is 1. The minimum Gasteiger partial charge on any atom is -0.490 e. The van der Waals surface area contributed by atoms with Gasteiger partial charge in [-0.1, -0.05) is 0 Å². The van der Waals surface area contributed by atoms with Gasteiger partial charge >= 0.3 is 6.18 Å². The molecule has 0 N–H and O–H groups in total. The van der Waals surface area contributed by atoms with Gasteiger partial charge in [0, 0.05) is 24.6 Å². The van der Waals surface area contributed by atoms with Crippen molar-refractivity contribution in [3.05, 3.63) is 41.5 Å². The van der Waals surface area contributed by atoms with Gasteiger partial charge in [-0.05, 0) is 37.9 Å². The van der Waals surface area contributed by atoms with E-state index in [2.05, 4.69) is 21.9 Å². The molecule has 0 atom stereocenters. The zero-order valence-electron chi connectivity index (χ0n) is 14.2. The number of benzene rings is 1. The van der Waals surface area contributed by atoms with Crippen LogP contribution in [0.2, 0.25) is 0 Å². The largest absolute Gasteiger partial charge is 0.490 e. The van der Waals surface area contributed by atoms with Crippen molar-refractivity contribution in [2.45, 2.75) is 38.0 Å². The molecule has 0 spiro atoms. The Bertz CT molecular complexity index is 862. The van der Waals surface area contributed by atoms with Gasteiger partial charge in [-0.15, -0.1) is 10.2 Å². The van der Waals surface area contributed by atoms with Crippen molar-refractivity contribution < 1.29 is 26.7 Å². The Kier molecular flexibility index (Phi) is 4.75. The second-order valence-electron chi connectivity index (χ2n) is 6.14. The number of alkyl halides is 5. The molecule has 1 aliphatic carbocycles. The van der Waals surface area contributed by atoms with Crippen molar-refractivity contribution in [2.24, 2.45) is 4.99 Å². The summed E-state index contributed by atoms with van der Waals surface area (Å²) in [5, 5.41) is 6.59. The van der Waals surface area contributed by atoms with Crippen LogP contribution in [0.4, 0.5) is 22.0 Å². The fraction of sp³-hybridized carbons (Fsp3) is 0.353. The second kappa shape index (κ2) is 6.75. The molecule has 1 heterocycles. The number of aromatic nitrogens is 3. The molecule has 27 heavy (non-hydrogen) atoms. The normalized spacial score (nSPS) is 17.5. The molecule has 0 saturated heterocycles. The minimum absolute atomic E-state index is 0.0364. The monoisotopic (exact) mass is 386 g/mol. The quantitative estimate of drug-likeness (QED) is 0.564. The first-order chi connectivity index (χ1) is 12.6. The summed E-state index contributed by atoms with van der Waals surface area (Å²) in [6.45, 7) is 4.76.